The second-order valence-corrected chi connectivity index (χ2v) is 8.74. The van der Waals surface area contributed by atoms with Gasteiger partial charge in [0, 0.05) is 38.9 Å². The summed E-state index contributed by atoms with van der Waals surface area (Å²) in [5.41, 5.74) is 6.45. The quantitative estimate of drug-likeness (QED) is 0.260. The van der Waals surface area contributed by atoms with Crippen molar-refractivity contribution in [2.24, 2.45) is 0 Å². The van der Waals surface area contributed by atoms with E-state index in [0.717, 1.165) is 50.1 Å². The molecule has 4 heteroatoms. The van der Waals surface area contributed by atoms with E-state index >= 15 is 0 Å². The largest absolute Gasteiger partial charge is 0.256 e. The molecule has 0 bridgehead atoms. The van der Waals surface area contributed by atoms with Crippen LogP contribution >= 0.6 is 11.6 Å². The third-order valence-corrected chi connectivity index (χ3v) is 6.19. The molecule has 0 N–H and O–H groups in total. The number of benzene rings is 4. The van der Waals surface area contributed by atoms with Gasteiger partial charge in [-0.25, -0.2) is 9.97 Å². The first-order valence-corrected chi connectivity index (χ1v) is 11.8. The Morgan fingerprint density at radius 1 is 0.514 bits per heavy atom. The van der Waals surface area contributed by atoms with Crippen molar-refractivity contribution in [1.82, 2.24) is 15.0 Å². The Bertz CT molecular complexity index is 1580. The maximum Gasteiger partial charge on any atom is 0.160 e. The van der Waals surface area contributed by atoms with Crippen LogP contribution < -0.4 is 0 Å². The summed E-state index contributed by atoms with van der Waals surface area (Å²) in [6, 6.07) is 38.5. The van der Waals surface area contributed by atoms with E-state index in [9.17, 15) is 0 Å². The van der Waals surface area contributed by atoms with Crippen molar-refractivity contribution in [1.29, 1.82) is 0 Å². The highest BCUT2D eigenvalue weighted by molar-refractivity contribution is 6.31. The molecule has 0 atom stereocenters. The van der Waals surface area contributed by atoms with Gasteiger partial charge in [0.05, 0.1) is 17.1 Å². The Morgan fingerprint density at radius 2 is 1.11 bits per heavy atom. The molecule has 3 nitrogen and oxygen atoms in total. The monoisotopic (exact) mass is 469 g/mol. The molecule has 0 saturated heterocycles. The van der Waals surface area contributed by atoms with Crippen molar-refractivity contribution in [3.8, 4) is 45.2 Å². The molecule has 0 unspecified atom stereocenters. The fourth-order valence-electron chi connectivity index (χ4n) is 4.30. The van der Waals surface area contributed by atoms with Crippen LogP contribution in [0.5, 0.6) is 0 Å². The number of nitrogens with zero attached hydrogens (tertiary/aromatic N) is 3. The Hall–Kier alpha value is -4.34. The van der Waals surface area contributed by atoms with Crippen LogP contribution in [-0.2, 0) is 0 Å². The predicted octanol–water partition coefficient (Wildman–Crippen LogP) is 8.35. The Morgan fingerprint density at radius 3 is 1.80 bits per heavy atom. The maximum atomic E-state index is 6.63. The molecule has 0 aliphatic carbocycles. The Kier molecular flexibility index (Phi) is 5.53. The first-order valence-electron chi connectivity index (χ1n) is 11.4. The van der Waals surface area contributed by atoms with Crippen molar-refractivity contribution in [3.05, 3.63) is 126 Å². The highest BCUT2D eigenvalue weighted by Crippen LogP contribution is 2.33. The lowest BCUT2D eigenvalue weighted by atomic mass is 10.0. The number of hydrogen-bond acceptors (Lipinski definition) is 3. The van der Waals surface area contributed by atoms with Crippen molar-refractivity contribution >= 4 is 22.4 Å². The number of rotatable bonds is 4. The molecule has 0 aliphatic rings. The number of hydrogen-bond donors (Lipinski definition) is 0. The first-order chi connectivity index (χ1) is 17.2. The van der Waals surface area contributed by atoms with E-state index in [-0.39, 0.29) is 0 Å². The zero-order valence-corrected chi connectivity index (χ0v) is 19.5. The van der Waals surface area contributed by atoms with Gasteiger partial charge >= 0.3 is 0 Å². The van der Waals surface area contributed by atoms with Crippen molar-refractivity contribution in [2.75, 3.05) is 0 Å². The minimum atomic E-state index is 0.613. The van der Waals surface area contributed by atoms with Crippen LogP contribution in [0.1, 0.15) is 0 Å². The van der Waals surface area contributed by atoms with Gasteiger partial charge in [0.15, 0.2) is 5.82 Å². The minimum absolute atomic E-state index is 0.613. The molecule has 35 heavy (non-hydrogen) atoms. The molecule has 0 radical (unpaired) electrons. The third-order valence-electron chi connectivity index (χ3n) is 5.97. The van der Waals surface area contributed by atoms with E-state index < -0.39 is 0 Å². The van der Waals surface area contributed by atoms with Gasteiger partial charge < -0.3 is 0 Å². The minimum Gasteiger partial charge on any atom is -0.256 e. The summed E-state index contributed by atoms with van der Waals surface area (Å²) in [5, 5.41) is 2.82. The van der Waals surface area contributed by atoms with Crippen LogP contribution in [-0.4, -0.2) is 15.0 Å². The van der Waals surface area contributed by atoms with Crippen LogP contribution in [0.2, 0.25) is 5.02 Å². The molecule has 2 aromatic heterocycles. The summed E-state index contributed by atoms with van der Waals surface area (Å²) in [5.74, 6) is 0.620. The molecular weight excluding hydrogens is 450 g/mol. The Balaban J connectivity index is 1.55. The third kappa shape index (κ3) is 4.30. The van der Waals surface area contributed by atoms with Crippen molar-refractivity contribution < 1.29 is 0 Å². The lowest BCUT2D eigenvalue weighted by Crippen LogP contribution is -1.96. The van der Waals surface area contributed by atoms with Gasteiger partial charge in [-0.15, -0.1) is 0 Å². The number of aromatic nitrogens is 3. The molecule has 166 valence electrons. The van der Waals surface area contributed by atoms with Gasteiger partial charge in [-0.3, -0.25) is 4.98 Å². The molecule has 6 rings (SSSR count). The zero-order chi connectivity index (χ0) is 23.6. The summed E-state index contributed by atoms with van der Waals surface area (Å²) in [6.45, 7) is 0. The Labute approximate surface area is 208 Å². The van der Waals surface area contributed by atoms with Gasteiger partial charge in [0.25, 0.3) is 0 Å². The molecule has 0 aliphatic heterocycles. The fourth-order valence-corrected chi connectivity index (χ4v) is 4.53. The predicted molar refractivity (Wildman–Crippen MR) is 144 cm³/mol. The van der Waals surface area contributed by atoms with Crippen LogP contribution in [0.4, 0.5) is 0 Å². The average Bonchev–Trinajstić information content (AvgIpc) is 2.93. The fraction of sp³-hybridized carbons (Fsp3) is 0. The van der Waals surface area contributed by atoms with E-state index in [1.54, 1.807) is 0 Å². The highest BCUT2D eigenvalue weighted by atomic mass is 35.5. The summed E-state index contributed by atoms with van der Waals surface area (Å²) in [4.78, 5) is 14.6. The molecule has 0 spiro atoms. The molecule has 6 aromatic rings. The van der Waals surface area contributed by atoms with Gasteiger partial charge in [0.1, 0.15) is 0 Å². The van der Waals surface area contributed by atoms with Crippen LogP contribution in [0.25, 0.3) is 55.9 Å². The topological polar surface area (TPSA) is 38.7 Å². The van der Waals surface area contributed by atoms with Crippen LogP contribution in [0.15, 0.2) is 121 Å². The maximum absolute atomic E-state index is 6.63. The average molecular weight is 470 g/mol. The van der Waals surface area contributed by atoms with Gasteiger partial charge in [-0.2, -0.15) is 0 Å². The molecule has 0 saturated carbocycles. The molecule has 2 heterocycles. The van der Waals surface area contributed by atoms with E-state index in [4.69, 9.17) is 21.6 Å². The number of halogens is 1. The second-order valence-electron chi connectivity index (χ2n) is 8.30. The van der Waals surface area contributed by atoms with Crippen LogP contribution in [0.3, 0.4) is 0 Å². The highest BCUT2D eigenvalue weighted by Gasteiger charge is 2.14. The van der Waals surface area contributed by atoms with E-state index in [2.05, 4.69) is 47.4 Å². The molecule has 4 aromatic carbocycles. The number of fused-ring (bicyclic) bond motifs is 1. The second kappa shape index (κ2) is 9.13. The van der Waals surface area contributed by atoms with Crippen molar-refractivity contribution in [3.63, 3.8) is 0 Å². The smallest absolute Gasteiger partial charge is 0.160 e. The summed E-state index contributed by atoms with van der Waals surface area (Å²) in [6.07, 6.45) is 1.83. The SMILES string of the molecule is Clc1cc(-c2nc(-c3ccccc3)cc(-c3ccccc3)n2)cc(-c2nccc3ccccc23)c1. The zero-order valence-electron chi connectivity index (χ0n) is 18.8. The van der Waals surface area contributed by atoms with Gasteiger partial charge in [-0.1, -0.05) is 96.5 Å². The molecule has 0 fully saturated rings. The molecule has 0 amide bonds. The lowest BCUT2D eigenvalue weighted by molar-refractivity contribution is 1.18. The summed E-state index contributed by atoms with van der Waals surface area (Å²) >= 11 is 6.63. The standard InChI is InChI=1S/C31H20ClN3/c32-26-18-24(30-27-14-8-7-9-21(27)15-16-33-30)17-25(19-26)31-34-28(22-10-3-1-4-11-22)20-29(35-31)23-12-5-2-6-13-23/h1-20H. The normalized spacial score (nSPS) is 11.0. The number of pyridine rings is 1. The first kappa shape index (κ1) is 21.2. The van der Waals surface area contributed by atoms with E-state index in [1.165, 1.54) is 0 Å². The summed E-state index contributed by atoms with van der Waals surface area (Å²) in [7, 11) is 0. The van der Waals surface area contributed by atoms with E-state index in [0.29, 0.717) is 10.8 Å². The van der Waals surface area contributed by atoms with Gasteiger partial charge in [-0.05, 0) is 35.7 Å². The summed E-state index contributed by atoms with van der Waals surface area (Å²) < 4.78 is 0. The van der Waals surface area contributed by atoms with Crippen molar-refractivity contribution in [2.45, 2.75) is 0 Å². The van der Waals surface area contributed by atoms with E-state index in [1.807, 2.05) is 79.0 Å². The molecular formula is C31H20ClN3. The lowest BCUT2D eigenvalue weighted by Gasteiger charge is -2.12. The van der Waals surface area contributed by atoms with Gasteiger partial charge in [0.2, 0.25) is 0 Å². The van der Waals surface area contributed by atoms with Crippen LogP contribution in [0, 0.1) is 0 Å².